The topological polar surface area (TPSA) is 76.0 Å². The summed E-state index contributed by atoms with van der Waals surface area (Å²) in [5.41, 5.74) is 0. The van der Waals surface area contributed by atoms with Gasteiger partial charge >= 0.3 is 0 Å². The smallest absolute Gasteiger partial charge is 0.258 e. The maximum absolute atomic E-state index is 12.3. The summed E-state index contributed by atoms with van der Waals surface area (Å²) in [6.45, 7) is 2.51. The molecule has 7 heteroatoms. The van der Waals surface area contributed by atoms with Gasteiger partial charge in [0.15, 0.2) is 5.03 Å². The summed E-state index contributed by atoms with van der Waals surface area (Å²) in [6.07, 6.45) is 5.04. The van der Waals surface area contributed by atoms with E-state index in [2.05, 4.69) is 15.0 Å². The Morgan fingerprint density at radius 3 is 2.94 bits per heavy atom. The number of aromatic nitrogens is 2. The summed E-state index contributed by atoms with van der Waals surface area (Å²) in [6, 6.07) is 0.0452. The van der Waals surface area contributed by atoms with E-state index in [1.54, 1.807) is 0 Å². The Morgan fingerprint density at radius 1 is 1.39 bits per heavy atom. The van der Waals surface area contributed by atoms with E-state index in [0.29, 0.717) is 5.03 Å². The van der Waals surface area contributed by atoms with Gasteiger partial charge in [0.05, 0.1) is 6.20 Å². The number of rotatable bonds is 3. The van der Waals surface area contributed by atoms with Gasteiger partial charge in [-0.1, -0.05) is 0 Å². The van der Waals surface area contributed by atoms with Crippen molar-refractivity contribution in [2.45, 2.75) is 43.3 Å². The molecule has 0 aromatic carbocycles. The standard InChI is InChI=1S/C11H18N4O2S/c16-18(17,14-9-3-5-12-6-4-9)11-8-13-10-2-1-7-15(10)11/h8-9,12,14H,1-7H2. The van der Waals surface area contributed by atoms with Gasteiger partial charge in [-0.05, 0) is 32.4 Å². The van der Waals surface area contributed by atoms with E-state index in [1.807, 2.05) is 4.57 Å². The number of imidazole rings is 1. The SMILES string of the molecule is O=S(=O)(NC1CCNCC1)c1cnc2n1CCC2. The lowest BCUT2D eigenvalue weighted by atomic mass is 10.1. The Hall–Kier alpha value is -0.920. The van der Waals surface area contributed by atoms with Crippen molar-refractivity contribution in [3.63, 3.8) is 0 Å². The Bertz CT molecular complexity index is 531. The largest absolute Gasteiger partial charge is 0.318 e. The third-order valence-corrected chi connectivity index (χ3v) is 5.14. The van der Waals surface area contributed by atoms with Crippen molar-refractivity contribution in [2.75, 3.05) is 13.1 Å². The van der Waals surface area contributed by atoms with Gasteiger partial charge in [0.1, 0.15) is 5.82 Å². The fourth-order valence-corrected chi connectivity index (χ4v) is 4.14. The van der Waals surface area contributed by atoms with E-state index in [-0.39, 0.29) is 6.04 Å². The molecule has 2 aliphatic heterocycles. The second-order valence-electron chi connectivity index (χ2n) is 4.91. The minimum Gasteiger partial charge on any atom is -0.318 e. The first-order chi connectivity index (χ1) is 8.67. The summed E-state index contributed by atoms with van der Waals surface area (Å²) in [4.78, 5) is 4.19. The lowest BCUT2D eigenvalue weighted by molar-refractivity contribution is 0.425. The Balaban J connectivity index is 1.81. The number of hydrogen-bond donors (Lipinski definition) is 2. The first-order valence-corrected chi connectivity index (χ1v) is 7.92. The van der Waals surface area contributed by atoms with E-state index in [1.165, 1.54) is 6.20 Å². The molecule has 1 aromatic rings. The van der Waals surface area contributed by atoms with Crippen molar-refractivity contribution in [3.8, 4) is 0 Å². The van der Waals surface area contributed by atoms with E-state index in [0.717, 1.165) is 51.1 Å². The van der Waals surface area contributed by atoms with Gasteiger partial charge in [0.25, 0.3) is 10.0 Å². The van der Waals surface area contributed by atoms with Gasteiger partial charge in [-0.2, -0.15) is 0 Å². The van der Waals surface area contributed by atoms with Gasteiger partial charge in [0, 0.05) is 19.0 Å². The fourth-order valence-electron chi connectivity index (χ4n) is 2.66. The second-order valence-corrected chi connectivity index (χ2v) is 6.57. The van der Waals surface area contributed by atoms with E-state index in [9.17, 15) is 8.42 Å². The van der Waals surface area contributed by atoms with Crippen molar-refractivity contribution in [3.05, 3.63) is 12.0 Å². The molecule has 0 amide bonds. The molecule has 3 rings (SSSR count). The van der Waals surface area contributed by atoms with Gasteiger partial charge < -0.3 is 9.88 Å². The summed E-state index contributed by atoms with van der Waals surface area (Å²) in [7, 11) is -3.42. The summed E-state index contributed by atoms with van der Waals surface area (Å²) >= 11 is 0. The molecule has 0 atom stereocenters. The highest BCUT2D eigenvalue weighted by atomic mass is 32.2. The van der Waals surface area contributed by atoms with Crippen molar-refractivity contribution in [2.24, 2.45) is 0 Å². The molecule has 0 unspecified atom stereocenters. The molecular weight excluding hydrogens is 252 g/mol. The summed E-state index contributed by atoms with van der Waals surface area (Å²) in [5, 5.41) is 3.55. The zero-order valence-electron chi connectivity index (χ0n) is 10.2. The molecule has 6 nitrogen and oxygen atoms in total. The minimum absolute atomic E-state index is 0.0452. The van der Waals surface area contributed by atoms with Crippen molar-refractivity contribution < 1.29 is 8.42 Å². The van der Waals surface area contributed by atoms with E-state index in [4.69, 9.17) is 0 Å². The number of nitrogens with zero attached hydrogens (tertiary/aromatic N) is 2. The molecule has 0 radical (unpaired) electrons. The van der Waals surface area contributed by atoms with Crippen molar-refractivity contribution >= 4 is 10.0 Å². The van der Waals surface area contributed by atoms with Gasteiger partial charge in [-0.25, -0.2) is 18.1 Å². The van der Waals surface area contributed by atoms with Crippen LogP contribution in [-0.4, -0.2) is 37.1 Å². The number of sulfonamides is 1. The van der Waals surface area contributed by atoms with Crippen LogP contribution in [0, 0.1) is 0 Å². The van der Waals surface area contributed by atoms with Crippen LogP contribution in [0.4, 0.5) is 0 Å². The van der Waals surface area contributed by atoms with Crippen LogP contribution < -0.4 is 10.0 Å². The molecule has 0 bridgehead atoms. The van der Waals surface area contributed by atoms with Crippen LogP contribution in [0.25, 0.3) is 0 Å². The molecular formula is C11H18N4O2S. The van der Waals surface area contributed by atoms with E-state index < -0.39 is 10.0 Å². The van der Waals surface area contributed by atoms with Crippen molar-refractivity contribution in [1.82, 2.24) is 19.6 Å². The number of hydrogen-bond acceptors (Lipinski definition) is 4. The molecule has 100 valence electrons. The average molecular weight is 270 g/mol. The second kappa shape index (κ2) is 4.64. The Kier molecular flexibility index (Phi) is 3.13. The Labute approximate surface area is 107 Å². The van der Waals surface area contributed by atoms with Gasteiger partial charge in [0.2, 0.25) is 0 Å². The lowest BCUT2D eigenvalue weighted by Gasteiger charge is -2.23. The number of piperidine rings is 1. The molecule has 0 spiro atoms. The lowest BCUT2D eigenvalue weighted by Crippen LogP contribution is -2.43. The van der Waals surface area contributed by atoms with Crippen LogP contribution in [0.1, 0.15) is 25.1 Å². The molecule has 18 heavy (non-hydrogen) atoms. The first-order valence-electron chi connectivity index (χ1n) is 6.44. The molecule has 0 aliphatic carbocycles. The highest BCUT2D eigenvalue weighted by Crippen LogP contribution is 2.20. The third-order valence-electron chi connectivity index (χ3n) is 3.62. The van der Waals surface area contributed by atoms with Crippen LogP contribution in [0.2, 0.25) is 0 Å². The fraction of sp³-hybridized carbons (Fsp3) is 0.727. The van der Waals surface area contributed by atoms with E-state index >= 15 is 0 Å². The van der Waals surface area contributed by atoms with Crippen LogP contribution >= 0.6 is 0 Å². The molecule has 1 fully saturated rings. The summed E-state index contributed by atoms with van der Waals surface area (Å²) < 4.78 is 29.3. The van der Waals surface area contributed by atoms with Crippen molar-refractivity contribution in [1.29, 1.82) is 0 Å². The molecule has 2 aliphatic rings. The maximum Gasteiger partial charge on any atom is 0.258 e. The molecule has 3 heterocycles. The maximum atomic E-state index is 12.3. The normalized spacial score (nSPS) is 21.1. The number of fused-ring (bicyclic) bond motifs is 1. The van der Waals surface area contributed by atoms with Gasteiger partial charge in [-0.15, -0.1) is 0 Å². The summed E-state index contributed by atoms with van der Waals surface area (Å²) in [5.74, 6) is 0.890. The molecule has 2 N–H and O–H groups in total. The predicted molar refractivity (Wildman–Crippen MR) is 66.8 cm³/mol. The number of aryl methyl sites for hydroxylation is 1. The van der Waals surface area contributed by atoms with Crippen LogP contribution in [0.3, 0.4) is 0 Å². The highest BCUT2D eigenvalue weighted by molar-refractivity contribution is 7.89. The van der Waals surface area contributed by atoms with Crippen LogP contribution in [-0.2, 0) is 23.0 Å². The quantitative estimate of drug-likeness (QED) is 0.801. The molecule has 1 aromatic heterocycles. The van der Waals surface area contributed by atoms with Crippen LogP contribution in [0.5, 0.6) is 0 Å². The number of nitrogens with one attached hydrogen (secondary N) is 2. The monoisotopic (exact) mass is 270 g/mol. The van der Waals surface area contributed by atoms with Crippen LogP contribution in [0.15, 0.2) is 11.2 Å². The average Bonchev–Trinajstić information content (AvgIpc) is 2.90. The van der Waals surface area contributed by atoms with Gasteiger partial charge in [-0.3, -0.25) is 0 Å². The Morgan fingerprint density at radius 2 is 2.17 bits per heavy atom. The first kappa shape index (κ1) is 12.1. The zero-order valence-corrected chi connectivity index (χ0v) is 11.0. The zero-order chi connectivity index (χ0) is 12.6. The highest BCUT2D eigenvalue weighted by Gasteiger charge is 2.27. The minimum atomic E-state index is -3.42. The predicted octanol–water partition coefficient (Wildman–Crippen LogP) is -0.140. The third kappa shape index (κ3) is 2.17. The molecule has 1 saturated heterocycles. The molecule has 0 saturated carbocycles.